The Bertz CT molecular complexity index is 474. The molecule has 0 unspecified atom stereocenters. The van der Waals surface area contributed by atoms with Crippen LogP contribution in [0.5, 0.6) is 5.75 Å². The zero-order chi connectivity index (χ0) is 10.8. The van der Waals surface area contributed by atoms with Crippen LogP contribution in [0.2, 0.25) is 0 Å². The van der Waals surface area contributed by atoms with Gasteiger partial charge in [-0.25, -0.2) is 4.98 Å². The Kier molecular flexibility index (Phi) is 2.46. The van der Waals surface area contributed by atoms with E-state index >= 15 is 0 Å². The van der Waals surface area contributed by atoms with Crippen molar-refractivity contribution in [3.63, 3.8) is 0 Å². The van der Waals surface area contributed by atoms with Gasteiger partial charge in [-0.3, -0.25) is 0 Å². The number of imidazole rings is 1. The van der Waals surface area contributed by atoms with Gasteiger partial charge in [0.05, 0.1) is 5.69 Å². The number of phenols is 1. The number of rotatable bonds is 2. The molecule has 1 aromatic heterocycles. The molecule has 0 saturated heterocycles. The molecule has 0 aliphatic carbocycles. The average molecular weight is 202 g/mol. The summed E-state index contributed by atoms with van der Waals surface area (Å²) in [4.78, 5) is 4.44. The SMILES string of the molecule is CCn1cc(C)nc1-c1cccc(O)c1. The van der Waals surface area contributed by atoms with Gasteiger partial charge in [-0.2, -0.15) is 0 Å². The first-order chi connectivity index (χ1) is 7.20. The molecule has 1 N–H and O–H groups in total. The molecule has 0 aliphatic rings. The van der Waals surface area contributed by atoms with Gasteiger partial charge in [-0.05, 0) is 26.0 Å². The van der Waals surface area contributed by atoms with Crippen molar-refractivity contribution >= 4 is 0 Å². The van der Waals surface area contributed by atoms with E-state index in [-0.39, 0.29) is 5.75 Å². The number of nitrogens with zero attached hydrogens (tertiary/aromatic N) is 2. The fraction of sp³-hybridized carbons (Fsp3) is 0.250. The van der Waals surface area contributed by atoms with Gasteiger partial charge in [0.2, 0.25) is 0 Å². The summed E-state index contributed by atoms with van der Waals surface area (Å²) >= 11 is 0. The summed E-state index contributed by atoms with van der Waals surface area (Å²) in [5, 5.41) is 9.41. The molecule has 78 valence electrons. The normalized spacial score (nSPS) is 10.5. The van der Waals surface area contributed by atoms with Crippen molar-refractivity contribution < 1.29 is 5.11 Å². The summed E-state index contributed by atoms with van der Waals surface area (Å²) in [5.41, 5.74) is 1.94. The number of aromatic nitrogens is 2. The molecule has 2 rings (SSSR count). The maximum Gasteiger partial charge on any atom is 0.140 e. The molecular formula is C12H14N2O. The van der Waals surface area contributed by atoms with Gasteiger partial charge in [0.1, 0.15) is 11.6 Å². The first-order valence-corrected chi connectivity index (χ1v) is 5.04. The second-order valence-electron chi connectivity index (χ2n) is 3.54. The fourth-order valence-electron chi connectivity index (χ4n) is 1.66. The van der Waals surface area contributed by atoms with Crippen molar-refractivity contribution in [3.8, 4) is 17.1 Å². The van der Waals surface area contributed by atoms with Gasteiger partial charge in [0, 0.05) is 18.3 Å². The summed E-state index contributed by atoms with van der Waals surface area (Å²) < 4.78 is 2.07. The summed E-state index contributed by atoms with van der Waals surface area (Å²) in [7, 11) is 0. The smallest absolute Gasteiger partial charge is 0.140 e. The summed E-state index contributed by atoms with van der Waals surface area (Å²) in [6, 6.07) is 7.17. The lowest BCUT2D eigenvalue weighted by molar-refractivity contribution is 0.475. The molecule has 1 aromatic carbocycles. The number of aromatic hydroxyl groups is 1. The van der Waals surface area contributed by atoms with Crippen LogP contribution in [0.25, 0.3) is 11.4 Å². The van der Waals surface area contributed by atoms with Gasteiger partial charge in [-0.1, -0.05) is 12.1 Å². The van der Waals surface area contributed by atoms with E-state index in [1.54, 1.807) is 12.1 Å². The van der Waals surface area contributed by atoms with Crippen LogP contribution >= 0.6 is 0 Å². The number of aryl methyl sites for hydroxylation is 2. The molecule has 3 nitrogen and oxygen atoms in total. The number of hydrogen-bond acceptors (Lipinski definition) is 2. The van der Waals surface area contributed by atoms with E-state index < -0.39 is 0 Å². The van der Waals surface area contributed by atoms with Crippen LogP contribution in [-0.2, 0) is 6.54 Å². The molecule has 2 aromatic rings. The first kappa shape index (κ1) is 9.77. The Morgan fingerprint density at radius 3 is 2.87 bits per heavy atom. The van der Waals surface area contributed by atoms with Gasteiger partial charge in [0.25, 0.3) is 0 Å². The van der Waals surface area contributed by atoms with E-state index in [4.69, 9.17) is 0 Å². The lowest BCUT2D eigenvalue weighted by Crippen LogP contribution is -1.95. The fourth-order valence-corrected chi connectivity index (χ4v) is 1.66. The summed E-state index contributed by atoms with van der Waals surface area (Å²) in [6.45, 7) is 4.93. The maximum absolute atomic E-state index is 9.41. The van der Waals surface area contributed by atoms with Crippen molar-refractivity contribution in [1.29, 1.82) is 0 Å². The largest absolute Gasteiger partial charge is 0.508 e. The second kappa shape index (κ2) is 3.77. The highest BCUT2D eigenvalue weighted by Crippen LogP contribution is 2.22. The molecule has 0 spiro atoms. The molecule has 15 heavy (non-hydrogen) atoms. The Morgan fingerprint density at radius 1 is 1.40 bits per heavy atom. The second-order valence-corrected chi connectivity index (χ2v) is 3.54. The monoisotopic (exact) mass is 202 g/mol. The first-order valence-electron chi connectivity index (χ1n) is 5.04. The molecule has 0 atom stereocenters. The van der Waals surface area contributed by atoms with Crippen molar-refractivity contribution in [2.45, 2.75) is 20.4 Å². The van der Waals surface area contributed by atoms with E-state index in [1.165, 1.54) is 0 Å². The van der Waals surface area contributed by atoms with E-state index in [0.29, 0.717) is 0 Å². The zero-order valence-corrected chi connectivity index (χ0v) is 8.94. The molecule has 1 heterocycles. The minimum atomic E-state index is 0.274. The third kappa shape index (κ3) is 1.86. The highest BCUT2D eigenvalue weighted by Gasteiger charge is 2.06. The molecule has 0 amide bonds. The van der Waals surface area contributed by atoms with E-state index in [1.807, 2.05) is 25.3 Å². The van der Waals surface area contributed by atoms with Gasteiger partial charge in [0.15, 0.2) is 0 Å². The van der Waals surface area contributed by atoms with Crippen molar-refractivity contribution in [2.75, 3.05) is 0 Å². The Balaban J connectivity index is 2.53. The number of phenolic OH excluding ortho intramolecular Hbond substituents is 1. The molecule has 0 fully saturated rings. The number of hydrogen-bond donors (Lipinski definition) is 1. The van der Waals surface area contributed by atoms with Crippen LogP contribution in [0.1, 0.15) is 12.6 Å². The van der Waals surface area contributed by atoms with E-state index in [0.717, 1.165) is 23.6 Å². The van der Waals surface area contributed by atoms with Gasteiger partial charge >= 0.3 is 0 Å². The highest BCUT2D eigenvalue weighted by atomic mass is 16.3. The molecule has 0 bridgehead atoms. The van der Waals surface area contributed by atoms with Crippen LogP contribution < -0.4 is 0 Å². The Hall–Kier alpha value is -1.77. The summed E-state index contributed by atoms with van der Waals surface area (Å²) in [6.07, 6.45) is 2.01. The molecule has 0 aliphatic heterocycles. The average Bonchev–Trinajstić information content (AvgIpc) is 2.59. The molecular weight excluding hydrogens is 188 g/mol. The third-order valence-electron chi connectivity index (χ3n) is 2.34. The van der Waals surface area contributed by atoms with Crippen LogP contribution in [0.3, 0.4) is 0 Å². The van der Waals surface area contributed by atoms with Crippen molar-refractivity contribution in [1.82, 2.24) is 9.55 Å². The van der Waals surface area contributed by atoms with Crippen molar-refractivity contribution in [3.05, 3.63) is 36.2 Å². The topological polar surface area (TPSA) is 38.0 Å². The van der Waals surface area contributed by atoms with Crippen molar-refractivity contribution in [2.24, 2.45) is 0 Å². The van der Waals surface area contributed by atoms with Crippen LogP contribution in [0, 0.1) is 6.92 Å². The quantitative estimate of drug-likeness (QED) is 0.812. The maximum atomic E-state index is 9.41. The van der Waals surface area contributed by atoms with Crippen LogP contribution in [0.15, 0.2) is 30.5 Å². The van der Waals surface area contributed by atoms with Gasteiger partial charge < -0.3 is 9.67 Å². The summed E-state index contributed by atoms with van der Waals surface area (Å²) in [5.74, 6) is 1.18. The molecule has 0 saturated carbocycles. The predicted octanol–water partition coefficient (Wildman–Crippen LogP) is 2.58. The Morgan fingerprint density at radius 2 is 2.20 bits per heavy atom. The predicted molar refractivity (Wildman–Crippen MR) is 59.7 cm³/mol. The third-order valence-corrected chi connectivity index (χ3v) is 2.34. The molecule has 3 heteroatoms. The molecule has 0 radical (unpaired) electrons. The van der Waals surface area contributed by atoms with Crippen LogP contribution in [0.4, 0.5) is 0 Å². The van der Waals surface area contributed by atoms with E-state index in [2.05, 4.69) is 16.5 Å². The van der Waals surface area contributed by atoms with Gasteiger partial charge in [-0.15, -0.1) is 0 Å². The minimum absolute atomic E-state index is 0.274. The lowest BCUT2D eigenvalue weighted by Gasteiger charge is -2.04. The number of benzene rings is 1. The Labute approximate surface area is 89.0 Å². The highest BCUT2D eigenvalue weighted by molar-refractivity contribution is 5.58. The lowest BCUT2D eigenvalue weighted by atomic mass is 10.2. The van der Waals surface area contributed by atoms with E-state index in [9.17, 15) is 5.11 Å². The zero-order valence-electron chi connectivity index (χ0n) is 8.94. The minimum Gasteiger partial charge on any atom is -0.508 e. The standard InChI is InChI=1S/C12H14N2O/c1-3-14-8-9(2)13-12(14)10-5-4-6-11(15)7-10/h4-8,15H,3H2,1-2H3. The van der Waals surface area contributed by atoms with Crippen LogP contribution in [-0.4, -0.2) is 14.7 Å².